The third kappa shape index (κ3) is 2.66. The van der Waals surface area contributed by atoms with Gasteiger partial charge in [-0.3, -0.25) is 4.99 Å². The summed E-state index contributed by atoms with van der Waals surface area (Å²) >= 11 is 0. The number of nitrogens with zero attached hydrogens (tertiary/aromatic N) is 1. The molecule has 0 radical (unpaired) electrons. The molecule has 1 aliphatic heterocycles. The quantitative estimate of drug-likeness (QED) is 0.551. The second kappa shape index (κ2) is 3.55. The van der Waals surface area contributed by atoms with Crippen LogP contribution in [0.15, 0.2) is 29.4 Å². The van der Waals surface area contributed by atoms with E-state index in [0.29, 0.717) is 0 Å². The Morgan fingerprint density at radius 3 is 3.09 bits per heavy atom. The van der Waals surface area contributed by atoms with Gasteiger partial charge >= 0.3 is 6.03 Å². The number of hydrogen-bond donors (Lipinski definition) is 2. The summed E-state index contributed by atoms with van der Waals surface area (Å²) in [4.78, 5) is 14.2. The molecule has 0 spiro atoms. The molecule has 1 heterocycles. The minimum atomic E-state index is -0.548. The SMILES string of the molecule is NC(=O)NC1C=CC=CN=C1. The van der Waals surface area contributed by atoms with Crippen molar-refractivity contribution >= 4 is 12.2 Å². The van der Waals surface area contributed by atoms with Gasteiger partial charge in [0.1, 0.15) is 0 Å². The van der Waals surface area contributed by atoms with Crippen molar-refractivity contribution < 1.29 is 4.79 Å². The van der Waals surface area contributed by atoms with Crippen molar-refractivity contribution in [3.63, 3.8) is 0 Å². The highest BCUT2D eigenvalue weighted by Gasteiger charge is 2.01. The maximum Gasteiger partial charge on any atom is 0.312 e. The number of hydrogen-bond acceptors (Lipinski definition) is 2. The third-order valence-corrected chi connectivity index (χ3v) is 1.16. The monoisotopic (exact) mass is 151 g/mol. The Morgan fingerprint density at radius 2 is 2.36 bits per heavy atom. The van der Waals surface area contributed by atoms with Gasteiger partial charge in [-0.25, -0.2) is 4.79 Å². The van der Waals surface area contributed by atoms with Crippen molar-refractivity contribution in [3.8, 4) is 0 Å². The molecule has 1 rings (SSSR count). The van der Waals surface area contributed by atoms with E-state index in [4.69, 9.17) is 5.73 Å². The molecule has 1 atom stereocenters. The zero-order valence-corrected chi connectivity index (χ0v) is 5.90. The topological polar surface area (TPSA) is 67.5 Å². The molecule has 3 N–H and O–H groups in total. The molecule has 4 heteroatoms. The lowest BCUT2D eigenvalue weighted by Crippen LogP contribution is -2.38. The van der Waals surface area contributed by atoms with Gasteiger partial charge in [0.25, 0.3) is 0 Å². The largest absolute Gasteiger partial charge is 0.352 e. The number of carbonyl (C=O) groups is 1. The molecule has 0 aromatic rings. The van der Waals surface area contributed by atoms with Crippen LogP contribution in [0.25, 0.3) is 0 Å². The van der Waals surface area contributed by atoms with Crippen molar-refractivity contribution in [3.05, 3.63) is 24.4 Å². The average molecular weight is 151 g/mol. The molecule has 58 valence electrons. The predicted molar refractivity (Wildman–Crippen MR) is 43.3 cm³/mol. The number of carbonyl (C=O) groups excluding carboxylic acids is 1. The van der Waals surface area contributed by atoms with Gasteiger partial charge in [0.15, 0.2) is 0 Å². The molecule has 0 saturated heterocycles. The van der Waals surface area contributed by atoms with Crippen LogP contribution < -0.4 is 11.1 Å². The van der Waals surface area contributed by atoms with Gasteiger partial charge in [0, 0.05) is 12.4 Å². The summed E-state index contributed by atoms with van der Waals surface area (Å²) in [6.45, 7) is 0. The van der Waals surface area contributed by atoms with E-state index in [0.717, 1.165) is 0 Å². The third-order valence-electron chi connectivity index (χ3n) is 1.16. The number of nitrogens with two attached hydrogens (primary N) is 1. The maximum absolute atomic E-state index is 10.4. The Kier molecular flexibility index (Phi) is 2.43. The molecule has 4 nitrogen and oxygen atoms in total. The molecular weight excluding hydrogens is 142 g/mol. The van der Waals surface area contributed by atoms with Crippen molar-refractivity contribution in [1.29, 1.82) is 0 Å². The number of amides is 2. The van der Waals surface area contributed by atoms with E-state index < -0.39 is 6.03 Å². The fourth-order valence-electron chi connectivity index (χ4n) is 0.725. The van der Waals surface area contributed by atoms with E-state index in [2.05, 4.69) is 10.3 Å². The number of rotatable bonds is 1. The van der Waals surface area contributed by atoms with E-state index >= 15 is 0 Å². The second-order valence-corrected chi connectivity index (χ2v) is 2.06. The number of allylic oxidation sites excluding steroid dienone is 2. The summed E-state index contributed by atoms with van der Waals surface area (Å²) in [6.07, 6.45) is 8.61. The van der Waals surface area contributed by atoms with Crippen LogP contribution in [-0.4, -0.2) is 18.3 Å². The van der Waals surface area contributed by atoms with Crippen molar-refractivity contribution in [1.82, 2.24) is 5.32 Å². The lowest BCUT2D eigenvalue weighted by atomic mass is 10.3. The van der Waals surface area contributed by atoms with Crippen LogP contribution >= 0.6 is 0 Å². The molecule has 0 aromatic heterocycles. The number of primary amides is 1. The van der Waals surface area contributed by atoms with Crippen molar-refractivity contribution in [2.24, 2.45) is 10.7 Å². The minimum absolute atomic E-state index is 0.192. The highest BCUT2D eigenvalue weighted by molar-refractivity contribution is 5.79. The van der Waals surface area contributed by atoms with Gasteiger partial charge in [0.2, 0.25) is 0 Å². The van der Waals surface area contributed by atoms with Crippen LogP contribution in [0.5, 0.6) is 0 Å². The molecule has 0 saturated carbocycles. The number of nitrogens with one attached hydrogen (secondary N) is 1. The molecule has 0 aliphatic carbocycles. The molecule has 0 bridgehead atoms. The first-order valence-electron chi connectivity index (χ1n) is 3.21. The zero-order valence-electron chi connectivity index (χ0n) is 5.90. The first-order chi connectivity index (χ1) is 5.29. The summed E-state index contributed by atoms with van der Waals surface area (Å²) < 4.78 is 0. The van der Waals surface area contributed by atoms with Gasteiger partial charge in [-0.1, -0.05) is 12.2 Å². The standard InChI is InChI=1S/C7H9N3O/c8-7(11)10-6-3-1-2-4-9-5-6/h1-6H,(H3,8,10,11). The van der Waals surface area contributed by atoms with E-state index in [1.807, 2.05) is 0 Å². The molecular formula is C7H9N3O. The van der Waals surface area contributed by atoms with Crippen LogP contribution in [0.1, 0.15) is 0 Å². The summed E-state index contributed by atoms with van der Waals surface area (Å²) in [5.41, 5.74) is 4.91. The fourth-order valence-corrected chi connectivity index (χ4v) is 0.725. The normalized spacial score (nSPS) is 21.3. The highest BCUT2D eigenvalue weighted by Crippen LogP contribution is 1.90. The molecule has 2 amide bonds. The molecule has 0 aromatic carbocycles. The van der Waals surface area contributed by atoms with Gasteiger partial charge in [-0.2, -0.15) is 0 Å². The molecule has 1 aliphatic rings. The van der Waals surface area contributed by atoms with Crippen molar-refractivity contribution in [2.45, 2.75) is 6.04 Å². The summed E-state index contributed by atoms with van der Waals surface area (Å²) in [6, 6.07) is -0.740. The summed E-state index contributed by atoms with van der Waals surface area (Å²) in [5.74, 6) is 0. The maximum atomic E-state index is 10.4. The molecule has 1 unspecified atom stereocenters. The Balaban J connectivity index is 2.53. The summed E-state index contributed by atoms with van der Waals surface area (Å²) in [7, 11) is 0. The zero-order chi connectivity index (χ0) is 8.10. The van der Waals surface area contributed by atoms with Gasteiger partial charge in [-0.15, -0.1) is 0 Å². The van der Waals surface area contributed by atoms with Crippen LogP contribution in [0, 0.1) is 0 Å². The number of aliphatic imine (C=N–C) groups is 1. The highest BCUT2D eigenvalue weighted by atomic mass is 16.2. The first kappa shape index (κ1) is 7.53. The van der Waals surface area contributed by atoms with Crippen LogP contribution in [0.4, 0.5) is 4.79 Å². The van der Waals surface area contributed by atoms with E-state index in [9.17, 15) is 4.79 Å². The predicted octanol–water partition coefficient (Wildman–Crippen LogP) is 0.178. The van der Waals surface area contributed by atoms with Gasteiger partial charge in [0.05, 0.1) is 6.04 Å². The minimum Gasteiger partial charge on any atom is -0.352 e. The van der Waals surface area contributed by atoms with Gasteiger partial charge in [-0.05, 0) is 6.08 Å². The second-order valence-electron chi connectivity index (χ2n) is 2.06. The Labute approximate surface area is 64.5 Å². The molecule has 0 fully saturated rings. The lowest BCUT2D eigenvalue weighted by molar-refractivity contribution is 0.249. The van der Waals surface area contributed by atoms with E-state index in [-0.39, 0.29) is 6.04 Å². The smallest absolute Gasteiger partial charge is 0.312 e. The first-order valence-corrected chi connectivity index (χ1v) is 3.21. The summed E-state index contributed by atoms with van der Waals surface area (Å²) in [5, 5.41) is 2.48. The van der Waals surface area contributed by atoms with Crippen LogP contribution in [0.2, 0.25) is 0 Å². The van der Waals surface area contributed by atoms with E-state index in [1.165, 1.54) is 0 Å². The van der Waals surface area contributed by atoms with E-state index in [1.54, 1.807) is 30.6 Å². The number of urea groups is 1. The Morgan fingerprint density at radius 1 is 1.55 bits per heavy atom. The lowest BCUT2D eigenvalue weighted by Gasteiger charge is -2.04. The fraction of sp³-hybridized carbons (Fsp3) is 0.143. The molecule has 11 heavy (non-hydrogen) atoms. The van der Waals surface area contributed by atoms with Crippen molar-refractivity contribution in [2.75, 3.05) is 0 Å². The Bertz CT molecular complexity index is 214. The Hall–Kier alpha value is -1.58. The van der Waals surface area contributed by atoms with Gasteiger partial charge < -0.3 is 11.1 Å². The van der Waals surface area contributed by atoms with Crippen LogP contribution in [0.3, 0.4) is 0 Å². The van der Waals surface area contributed by atoms with Crippen LogP contribution in [-0.2, 0) is 0 Å². The average Bonchev–Trinajstić information content (AvgIpc) is 2.14.